The SMILES string of the molecule is C=CCC(NC(=O)NCc1ncc(CC)o1)C(=O)O. The fourth-order valence-electron chi connectivity index (χ4n) is 1.35. The highest BCUT2D eigenvalue weighted by Crippen LogP contribution is 2.03. The molecular weight excluding hydrogens is 250 g/mol. The molecule has 0 bridgehead atoms. The number of urea groups is 1. The molecule has 7 nitrogen and oxygen atoms in total. The number of nitrogens with one attached hydrogen (secondary N) is 2. The standard InChI is InChI=1S/C12H17N3O4/c1-3-5-9(11(16)17)15-12(18)14-7-10-13-6-8(4-2)19-10/h3,6,9H,1,4-5,7H2,2H3,(H,16,17)(H2,14,15,18). The zero-order valence-corrected chi connectivity index (χ0v) is 10.7. The molecule has 0 aliphatic carbocycles. The molecule has 104 valence electrons. The van der Waals surface area contributed by atoms with Crippen LogP contribution in [0.5, 0.6) is 0 Å². The predicted octanol–water partition coefficient (Wildman–Crippen LogP) is 1.07. The third kappa shape index (κ3) is 4.82. The van der Waals surface area contributed by atoms with Crippen LogP contribution in [0.2, 0.25) is 0 Å². The van der Waals surface area contributed by atoms with E-state index in [0.29, 0.717) is 5.89 Å². The van der Waals surface area contributed by atoms with E-state index in [1.54, 1.807) is 6.20 Å². The average molecular weight is 267 g/mol. The van der Waals surface area contributed by atoms with Crippen LogP contribution in [-0.2, 0) is 17.8 Å². The monoisotopic (exact) mass is 267 g/mol. The number of aliphatic carboxylic acids is 1. The van der Waals surface area contributed by atoms with Gasteiger partial charge >= 0.3 is 12.0 Å². The number of aromatic nitrogens is 1. The first kappa shape index (κ1) is 14.7. The second-order valence-corrected chi connectivity index (χ2v) is 3.82. The third-order valence-electron chi connectivity index (χ3n) is 2.36. The Kier molecular flexibility index (Phi) is 5.59. The van der Waals surface area contributed by atoms with Crippen LogP contribution in [0, 0.1) is 0 Å². The van der Waals surface area contributed by atoms with E-state index in [0.717, 1.165) is 12.2 Å². The summed E-state index contributed by atoms with van der Waals surface area (Å²) >= 11 is 0. The number of carboxylic acids is 1. The lowest BCUT2D eigenvalue weighted by atomic mass is 10.2. The summed E-state index contributed by atoms with van der Waals surface area (Å²) in [5, 5.41) is 13.6. The van der Waals surface area contributed by atoms with Gasteiger partial charge in [-0.05, 0) is 6.42 Å². The lowest BCUT2D eigenvalue weighted by Gasteiger charge is -2.12. The fraction of sp³-hybridized carbons (Fsp3) is 0.417. The van der Waals surface area contributed by atoms with Gasteiger partial charge in [0.2, 0.25) is 5.89 Å². The summed E-state index contributed by atoms with van der Waals surface area (Å²) in [5.74, 6) is -0.00526. The first-order chi connectivity index (χ1) is 9.06. The maximum Gasteiger partial charge on any atom is 0.326 e. The van der Waals surface area contributed by atoms with Gasteiger partial charge in [-0.1, -0.05) is 13.0 Å². The minimum Gasteiger partial charge on any atom is -0.480 e. The van der Waals surface area contributed by atoms with Gasteiger partial charge < -0.3 is 20.2 Å². The van der Waals surface area contributed by atoms with Crippen molar-refractivity contribution in [2.45, 2.75) is 32.4 Å². The van der Waals surface area contributed by atoms with Crippen molar-refractivity contribution in [3.63, 3.8) is 0 Å². The molecule has 2 amide bonds. The van der Waals surface area contributed by atoms with E-state index in [9.17, 15) is 9.59 Å². The molecule has 0 saturated heterocycles. The molecule has 1 aromatic rings. The fourth-order valence-corrected chi connectivity index (χ4v) is 1.35. The van der Waals surface area contributed by atoms with E-state index in [-0.39, 0.29) is 13.0 Å². The number of hydrogen-bond donors (Lipinski definition) is 3. The van der Waals surface area contributed by atoms with Crippen LogP contribution in [0.4, 0.5) is 4.79 Å². The highest BCUT2D eigenvalue weighted by molar-refractivity contribution is 5.82. The maximum atomic E-state index is 11.5. The molecule has 1 aromatic heterocycles. The van der Waals surface area contributed by atoms with Crippen molar-refractivity contribution in [3.05, 3.63) is 30.5 Å². The first-order valence-corrected chi connectivity index (χ1v) is 5.88. The Morgan fingerprint density at radius 3 is 2.89 bits per heavy atom. The molecule has 0 spiro atoms. The molecule has 0 saturated carbocycles. The lowest BCUT2D eigenvalue weighted by molar-refractivity contribution is -0.139. The van der Waals surface area contributed by atoms with Crippen LogP contribution in [0.1, 0.15) is 25.0 Å². The minimum atomic E-state index is -1.11. The number of oxazole rings is 1. The van der Waals surface area contributed by atoms with Gasteiger partial charge in [0.1, 0.15) is 11.8 Å². The number of carbonyl (C=O) groups is 2. The molecule has 7 heteroatoms. The minimum absolute atomic E-state index is 0.103. The summed E-state index contributed by atoms with van der Waals surface area (Å²) in [6.45, 7) is 5.47. The Bertz CT molecular complexity index is 456. The van der Waals surface area contributed by atoms with Gasteiger partial charge in [-0.3, -0.25) is 0 Å². The van der Waals surface area contributed by atoms with Crippen molar-refractivity contribution in [2.75, 3.05) is 0 Å². The molecule has 19 heavy (non-hydrogen) atoms. The number of amides is 2. The molecule has 1 atom stereocenters. The number of nitrogens with zero attached hydrogens (tertiary/aromatic N) is 1. The Balaban J connectivity index is 2.42. The Morgan fingerprint density at radius 2 is 2.37 bits per heavy atom. The first-order valence-electron chi connectivity index (χ1n) is 5.88. The summed E-state index contributed by atoms with van der Waals surface area (Å²) in [4.78, 5) is 26.3. The molecule has 0 radical (unpaired) electrons. The van der Waals surface area contributed by atoms with Gasteiger partial charge in [-0.2, -0.15) is 0 Å². The van der Waals surface area contributed by atoms with Gasteiger partial charge in [0.15, 0.2) is 0 Å². The second kappa shape index (κ2) is 7.20. The number of carbonyl (C=O) groups excluding carboxylic acids is 1. The third-order valence-corrected chi connectivity index (χ3v) is 2.36. The number of aryl methyl sites for hydroxylation is 1. The summed E-state index contributed by atoms with van der Waals surface area (Å²) in [6, 6.07) is -1.58. The molecule has 0 aromatic carbocycles. The van der Waals surface area contributed by atoms with Gasteiger partial charge in [0.05, 0.1) is 12.7 Å². The highest BCUT2D eigenvalue weighted by Gasteiger charge is 2.18. The van der Waals surface area contributed by atoms with Gasteiger partial charge in [0.25, 0.3) is 0 Å². The van der Waals surface area contributed by atoms with Gasteiger partial charge in [0, 0.05) is 6.42 Å². The quantitative estimate of drug-likeness (QED) is 0.641. The largest absolute Gasteiger partial charge is 0.480 e. The predicted molar refractivity (Wildman–Crippen MR) is 67.5 cm³/mol. The zero-order chi connectivity index (χ0) is 14.3. The highest BCUT2D eigenvalue weighted by atomic mass is 16.4. The Morgan fingerprint density at radius 1 is 1.63 bits per heavy atom. The summed E-state index contributed by atoms with van der Waals surface area (Å²) in [5.41, 5.74) is 0. The van der Waals surface area contributed by atoms with Crippen molar-refractivity contribution in [1.82, 2.24) is 15.6 Å². The van der Waals surface area contributed by atoms with Crippen LogP contribution in [-0.4, -0.2) is 28.1 Å². The number of carboxylic acid groups (broad SMARTS) is 1. The van der Waals surface area contributed by atoms with E-state index < -0.39 is 18.0 Å². The second-order valence-electron chi connectivity index (χ2n) is 3.82. The van der Waals surface area contributed by atoms with Gasteiger partial charge in [-0.15, -0.1) is 6.58 Å². The Labute approximate surface area is 110 Å². The number of hydrogen-bond acceptors (Lipinski definition) is 4. The molecule has 0 aliphatic heterocycles. The van der Waals surface area contributed by atoms with Crippen LogP contribution in [0.15, 0.2) is 23.3 Å². The van der Waals surface area contributed by atoms with Crippen LogP contribution in [0.3, 0.4) is 0 Å². The number of rotatable bonds is 7. The molecule has 0 fully saturated rings. The normalized spacial score (nSPS) is 11.6. The molecule has 1 rings (SSSR count). The van der Waals surface area contributed by atoms with Crippen molar-refractivity contribution in [1.29, 1.82) is 0 Å². The lowest BCUT2D eigenvalue weighted by Crippen LogP contribution is -2.45. The molecule has 3 N–H and O–H groups in total. The van der Waals surface area contributed by atoms with Crippen molar-refractivity contribution >= 4 is 12.0 Å². The maximum absolute atomic E-state index is 11.5. The van der Waals surface area contributed by atoms with E-state index in [1.165, 1.54) is 6.08 Å². The summed E-state index contributed by atoms with van der Waals surface area (Å²) in [7, 11) is 0. The summed E-state index contributed by atoms with van der Waals surface area (Å²) < 4.78 is 5.30. The Hall–Kier alpha value is -2.31. The average Bonchev–Trinajstić information content (AvgIpc) is 2.83. The van der Waals surface area contributed by atoms with Crippen molar-refractivity contribution in [2.24, 2.45) is 0 Å². The van der Waals surface area contributed by atoms with E-state index in [1.807, 2.05) is 6.92 Å². The molecular formula is C12H17N3O4. The molecule has 0 aliphatic rings. The van der Waals surface area contributed by atoms with E-state index >= 15 is 0 Å². The zero-order valence-electron chi connectivity index (χ0n) is 10.7. The van der Waals surface area contributed by atoms with Crippen molar-refractivity contribution < 1.29 is 19.1 Å². The van der Waals surface area contributed by atoms with Crippen LogP contribution in [0.25, 0.3) is 0 Å². The molecule has 1 unspecified atom stereocenters. The van der Waals surface area contributed by atoms with Crippen molar-refractivity contribution in [3.8, 4) is 0 Å². The van der Waals surface area contributed by atoms with Crippen LogP contribution < -0.4 is 10.6 Å². The van der Waals surface area contributed by atoms with E-state index in [4.69, 9.17) is 9.52 Å². The summed E-state index contributed by atoms with van der Waals surface area (Å²) in [6.07, 6.45) is 3.90. The topological polar surface area (TPSA) is 104 Å². The smallest absolute Gasteiger partial charge is 0.326 e. The van der Waals surface area contributed by atoms with Gasteiger partial charge in [-0.25, -0.2) is 14.6 Å². The van der Waals surface area contributed by atoms with E-state index in [2.05, 4.69) is 22.2 Å². The molecule has 1 heterocycles. The van der Waals surface area contributed by atoms with Crippen LogP contribution >= 0.6 is 0 Å².